The van der Waals surface area contributed by atoms with Gasteiger partial charge in [-0.2, -0.15) is 4.37 Å². The van der Waals surface area contributed by atoms with Gasteiger partial charge in [0.15, 0.2) is 5.69 Å². The fourth-order valence-electron chi connectivity index (χ4n) is 3.52. The summed E-state index contributed by atoms with van der Waals surface area (Å²) in [5.74, 6) is -3.19. The van der Waals surface area contributed by atoms with Gasteiger partial charge in [-0.3, -0.25) is 24.1 Å². The molecular weight excluding hydrogens is 517 g/mol. The number of halogens is 1. The monoisotopic (exact) mass is 543 g/mol. The summed E-state index contributed by atoms with van der Waals surface area (Å²) < 4.78 is 28.0. The maximum Gasteiger partial charge on any atom is 0.325 e. The third kappa shape index (κ3) is 6.42. The van der Waals surface area contributed by atoms with Crippen molar-refractivity contribution in [1.82, 2.24) is 9.69 Å². The average molecular weight is 544 g/mol. The van der Waals surface area contributed by atoms with Crippen LogP contribution in [0.25, 0.3) is 0 Å². The SMILES string of the molecule is CCOC(=O)CNC(=O)[C@@H](c1ccc(F)cc1)N(C(=O)c1snc(C(N)=O)c1N)c1ccc(OCC)cc1. The lowest BCUT2D eigenvalue weighted by Crippen LogP contribution is -2.45. The minimum absolute atomic E-state index is 0.111. The lowest BCUT2D eigenvalue weighted by atomic mass is 10.0. The molecule has 13 heteroatoms. The summed E-state index contributed by atoms with van der Waals surface area (Å²) in [5, 5.41) is 2.46. The van der Waals surface area contributed by atoms with Crippen molar-refractivity contribution in [3.63, 3.8) is 0 Å². The van der Waals surface area contributed by atoms with Gasteiger partial charge in [0.2, 0.25) is 5.91 Å². The number of hydrogen-bond donors (Lipinski definition) is 3. The van der Waals surface area contributed by atoms with E-state index < -0.39 is 42.1 Å². The lowest BCUT2D eigenvalue weighted by molar-refractivity contribution is -0.143. The van der Waals surface area contributed by atoms with E-state index in [0.717, 1.165) is 17.0 Å². The average Bonchev–Trinajstić information content (AvgIpc) is 3.29. The van der Waals surface area contributed by atoms with Crippen molar-refractivity contribution in [1.29, 1.82) is 0 Å². The zero-order valence-corrected chi connectivity index (χ0v) is 21.4. The Morgan fingerprint density at radius 1 is 1.05 bits per heavy atom. The van der Waals surface area contributed by atoms with Gasteiger partial charge in [0.1, 0.15) is 29.0 Å². The van der Waals surface area contributed by atoms with Gasteiger partial charge in [-0.05, 0) is 67.3 Å². The van der Waals surface area contributed by atoms with E-state index in [4.69, 9.17) is 20.9 Å². The Morgan fingerprint density at radius 2 is 1.71 bits per heavy atom. The number of nitrogens with one attached hydrogen (secondary N) is 1. The van der Waals surface area contributed by atoms with Crippen LogP contribution in [0.5, 0.6) is 5.75 Å². The Labute approximate surface area is 221 Å². The first-order valence-electron chi connectivity index (χ1n) is 11.5. The van der Waals surface area contributed by atoms with Crippen LogP contribution in [0.4, 0.5) is 15.8 Å². The highest BCUT2D eigenvalue weighted by Crippen LogP contribution is 2.34. The van der Waals surface area contributed by atoms with E-state index in [-0.39, 0.29) is 34.1 Å². The Kier molecular flexibility index (Phi) is 9.33. The number of primary amides is 1. The van der Waals surface area contributed by atoms with Crippen molar-refractivity contribution in [3.8, 4) is 5.75 Å². The smallest absolute Gasteiger partial charge is 0.325 e. The molecule has 1 heterocycles. The Balaban J connectivity index is 2.15. The normalized spacial score (nSPS) is 11.3. The standard InChI is InChI=1S/C25H26FN5O6S/c1-3-36-17-11-9-16(10-12-17)31(25(35)22-19(27)20(23(28)33)30-38-22)21(14-5-7-15(26)8-6-14)24(34)29-13-18(32)37-4-2/h5-12,21H,3-4,13,27H2,1-2H3,(H2,28,33)(H,29,34)/t21-/m1/s1. The highest BCUT2D eigenvalue weighted by Gasteiger charge is 2.36. The molecule has 0 aliphatic carbocycles. The van der Waals surface area contributed by atoms with E-state index in [1.165, 1.54) is 12.1 Å². The number of benzene rings is 2. The van der Waals surface area contributed by atoms with E-state index in [9.17, 15) is 23.6 Å². The molecule has 0 spiro atoms. The molecule has 3 aromatic rings. The number of esters is 1. The Morgan fingerprint density at radius 3 is 2.26 bits per heavy atom. The molecule has 38 heavy (non-hydrogen) atoms. The number of aromatic nitrogens is 1. The summed E-state index contributed by atoms with van der Waals surface area (Å²) in [6.45, 7) is 3.48. The van der Waals surface area contributed by atoms with Crippen LogP contribution in [0.3, 0.4) is 0 Å². The first kappa shape index (κ1) is 28.1. The molecule has 0 fully saturated rings. The van der Waals surface area contributed by atoms with Gasteiger partial charge in [-0.1, -0.05) is 12.1 Å². The minimum Gasteiger partial charge on any atom is -0.494 e. The van der Waals surface area contributed by atoms with E-state index >= 15 is 0 Å². The third-order valence-electron chi connectivity index (χ3n) is 5.20. The van der Waals surface area contributed by atoms with E-state index in [1.807, 2.05) is 6.92 Å². The summed E-state index contributed by atoms with van der Waals surface area (Å²) in [4.78, 5) is 52.0. The van der Waals surface area contributed by atoms with Gasteiger partial charge in [0, 0.05) is 5.69 Å². The van der Waals surface area contributed by atoms with Crippen molar-refractivity contribution in [3.05, 3.63) is 70.5 Å². The van der Waals surface area contributed by atoms with Gasteiger partial charge in [0.25, 0.3) is 11.8 Å². The first-order chi connectivity index (χ1) is 18.2. The second kappa shape index (κ2) is 12.6. The highest BCUT2D eigenvalue weighted by molar-refractivity contribution is 7.09. The maximum absolute atomic E-state index is 13.9. The Bertz CT molecular complexity index is 1310. The zero-order valence-electron chi connectivity index (χ0n) is 20.6. The number of amides is 3. The van der Waals surface area contributed by atoms with E-state index in [0.29, 0.717) is 23.9 Å². The summed E-state index contributed by atoms with van der Waals surface area (Å²) in [6.07, 6.45) is 0. The number of nitrogen functional groups attached to an aromatic ring is 1. The van der Waals surface area contributed by atoms with Crippen LogP contribution in [0.1, 0.15) is 45.6 Å². The topological polar surface area (TPSA) is 167 Å². The number of anilines is 2. The van der Waals surface area contributed by atoms with E-state index in [2.05, 4.69) is 9.69 Å². The van der Waals surface area contributed by atoms with Crippen LogP contribution in [-0.4, -0.2) is 47.8 Å². The largest absolute Gasteiger partial charge is 0.494 e. The fraction of sp³-hybridized carbons (Fsp3) is 0.240. The lowest BCUT2D eigenvalue weighted by Gasteiger charge is -2.31. The van der Waals surface area contributed by atoms with Crippen LogP contribution in [0.15, 0.2) is 48.5 Å². The number of hydrogen-bond acceptors (Lipinski definition) is 9. The molecular formula is C25H26FN5O6S. The third-order valence-corrected chi connectivity index (χ3v) is 6.06. The number of carbonyl (C=O) groups is 4. The molecule has 0 unspecified atom stereocenters. The minimum atomic E-state index is -1.39. The predicted octanol–water partition coefficient (Wildman–Crippen LogP) is 2.43. The molecule has 3 amide bonds. The molecule has 1 atom stereocenters. The molecule has 0 aliphatic heterocycles. The quantitative estimate of drug-likeness (QED) is 0.310. The summed E-state index contributed by atoms with van der Waals surface area (Å²) in [5.41, 5.74) is 11.3. The van der Waals surface area contributed by atoms with Gasteiger partial charge in [0.05, 0.1) is 18.9 Å². The van der Waals surface area contributed by atoms with Crippen LogP contribution in [0.2, 0.25) is 0 Å². The molecule has 11 nitrogen and oxygen atoms in total. The molecule has 0 aliphatic rings. The number of nitrogens with zero attached hydrogens (tertiary/aromatic N) is 2. The maximum atomic E-state index is 13.9. The molecule has 0 saturated carbocycles. The molecule has 0 bridgehead atoms. The van der Waals surface area contributed by atoms with Crippen molar-refractivity contribution in [2.24, 2.45) is 5.73 Å². The Hall–Kier alpha value is -4.52. The van der Waals surface area contributed by atoms with Crippen molar-refractivity contribution < 1.29 is 33.0 Å². The van der Waals surface area contributed by atoms with Crippen molar-refractivity contribution >= 4 is 46.6 Å². The fourth-order valence-corrected chi connectivity index (χ4v) is 4.26. The van der Waals surface area contributed by atoms with Gasteiger partial charge in [-0.25, -0.2) is 4.39 Å². The number of ether oxygens (including phenoxy) is 2. The molecule has 1 aromatic heterocycles. The number of rotatable bonds is 11. The van der Waals surface area contributed by atoms with Crippen molar-refractivity contribution in [2.45, 2.75) is 19.9 Å². The number of nitrogens with two attached hydrogens (primary N) is 2. The predicted molar refractivity (Wildman–Crippen MR) is 138 cm³/mol. The highest BCUT2D eigenvalue weighted by atomic mass is 32.1. The molecule has 200 valence electrons. The van der Waals surface area contributed by atoms with Crippen LogP contribution < -0.4 is 26.4 Å². The van der Waals surface area contributed by atoms with E-state index in [1.54, 1.807) is 31.2 Å². The van der Waals surface area contributed by atoms with Crippen LogP contribution in [-0.2, 0) is 14.3 Å². The summed E-state index contributed by atoms with van der Waals surface area (Å²) >= 11 is 0.641. The molecule has 0 saturated heterocycles. The van der Waals surface area contributed by atoms with Crippen LogP contribution >= 0.6 is 11.5 Å². The van der Waals surface area contributed by atoms with Gasteiger partial charge in [-0.15, -0.1) is 0 Å². The molecule has 2 aromatic carbocycles. The van der Waals surface area contributed by atoms with Crippen LogP contribution in [0, 0.1) is 5.82 Å². The second-order valence-corrected chi connectivity index (χ2v) is 8.49. The first-order valence-corrected chi connectivity index (χ1v) is 12.2. The summed E-state index contributed by atoms with van der Waals surface area (Å²) in [7, 11) is 0. The molecule has 5 N–H and O–H groups in total. The van der Waals surface area contributed by atoms with Gasteiger partial charge >= 0.3 is 5.97 Å². The zero-order chi connectivity index (χ0) is 27.8. The number of carbonyl (C=O) groups excluding carboxylic acids is 4. The second-order valence-electron chi connectivity index (χ2n) is 7.72. The van der Waals surface area contributed by atoms with Crippen molar-refractivity contribution in [2.75, 3.05) is 30.4 Å². The van der Waals surface area contributed by atoms with Gasteiger partial charge < -0.3 is 26.3 Å². The molecule has 0 radical (unpaired) electrons. The molecule has 3 rings (SSSR count). The summed E-state index contributed by atoms with van der Waals surface area (Å²) in [6, 6.07) is 9.84.